The van der Waals surface area contributed by atoms with Crippen molar-refractivity contribution in [1.29, 1.82) is 0 Å². The van der Waals surface area contributed by atoms with Crippen molar-refractivity contribution in [1.82, 2.24) is 0 Å². The molecule has 0 bridgehead atoms. The molecule has 0 radical (unpaired) electrons. The molecule has 0 saturated heterocycles. The number of carbonyl (C=O) groups is 2. The number of para-hydroxylation sites is 1. The molecule has 0 fully saturated rings. The largest absolute Gasteiger partial charge is 0.465 e. The summed E-state index contributed by atoms with van der Waals surface area (Å²) in [5, 5.41) is 0.899. The summed E-state index contributed by atoms with van der Waals surface area (Å²) in [4.78, 5) is 29.9. The number of nitrogens with zero attached hydrogens (tertiary/aromatic N) is 1. The van der Waals surface area contributed by atoms with Crippen molar-refractivity contribution in [2.45, 2.75) is 33.6 Å². The summed E-state index contributed by atoms with van der Waals surface area (Å²) in [7, 11) is 0. The second kappa shape index (κ2) is 7.78. The lowest BCUT2D eigenvalue weighted by Crippen LogP contribution is -2.36. The number of ether oxygens (including phenoxy) is 2. The molecule has 142 valence electrons. The average Bonchev–Trinajstić information content (AvgIpc) is 3.05. The fourth-order valence-electron chi connectivity index (χ4n) is 3.51. The van der Waals surface area contributed by atoms with Gasteiger partial charge in [0.2, 0.25) is 0 Å². The van der Waals surface area contributed by atoms with E-state index in [1.54, 1.807) is 27.7 Å². The second-order valence-corrected chi connectivity index (χ2v) is 6.37. The molecule has 1 aliphatic heterocycles. The van der Waals surface area contributed by atoms with Crippen molar-refractivity contribution in [2.24, 2.45) is 10.9 Å². The van der Waals surface area contributed by atoms with Crippen LogP contribution in [0.4, 0.5) is 0 Å². The van der Waals surface area contributed by atoms with Crippen LogP contribution in [-0.4, -0.2) is 30.9 Å². The maximum Gasteiger partial charge on any atom is 0.336 e. The van der Waals surface area contributed by atoms with Gasteiger partial charge in [-0.15, -0.1) is 0 Å². The zero-order valence-electron chi connectivity index (χ0n) is 15.9. The van der Waals surface area contributed by atoms with Gasteiger partial charge in [0.15, 0.2) is 0 Å². The third-order valence-corrected chi connectivity index (χ3v) is 4.62. The van der Waals surface area contributed by atoms with E-state index in [1.165, 1.54) is 0 Å². The van der Waals surface area contributed by atoms with Crippen molar-refractivity contribution in [3.05, 3.63) is 47.4 Å². The molecule has 0 spiro atoms. The lowest BCUT2D eigenvalue weighted by molar-refractivity contribution is -0.146. The SMILES string of the molecule is CCOC(=O)C1=C(C)N=C(C)C(C(=O)OCC)C1c1cc2ccccc2o1. The van der Waals surface area contributed by atoms with Gasteiger partial charge < -0.3 is 13.9 Å². The highest BCUT2D eigenvalue weighted by atomic mass is 16.5. The summed E-state index contributed by atoms with van der Waals surface area (Å²) < 4.78 is 16.5. The quantitative estimate of drug-likeness (QED) is 0.744. The molecule has 3 rings (SSSR count). The van der Waals surface area contributed by atoms with E-state index >= 15 is 0 Å². The maximum absolute atomic E-state index is 12.7. The van der Waals surface area contributed by atoms with Crippen LogP contribution in [0.2, 0.25) is 0 Å². The number of esters is 2. The van der Waals surface area contributed by atoms with Crippen LogP contribution < -0.4 is 0 Å². The number of hydrogen-bond acceptors (Lipinski definition) is 6. The smallest absolute Gasteiger partial charge is 0.336 e. The lowest BCUT2D eigenvalue weighted by atomic mass is 9.78. The number of carbonyl (C=O) groups excluding carboxylic acids is 2. The van der Waals surface area contributed by atoms with Crippen molar-refractivity contribution in [2.75, 3.05) is 13.2 Å². The van der Waals surface area contributed by atoms with Crippen LogP contribution >= 0.6 is 0 Å². The Morgan fingerprint density at radius 3 is 2.48 bits per heavy atom. The molecule has 27 heavy (non-hydrogen) atoms. The van der Waals surface area contributed by atoms with E-state index in [2.05, 4.69) is 4.99 Å². The zero-order chi connectivity index (χ0) is 19.6. The summed E-state index contributed by atoms with van der Waals surface area (Å²) in [5.74, 6) is -1.79. The normalized spacial score (nSPS) is 19.8. The van der Waals surface area contributed by atoms with Gasteiger partial charge in [-0.25, -0.2) is 4.79 Å². The molecule has 0 saturated carbocycles. The molecule has 0 aliphatic carbocycles. The van der Waals surface area contributed by atoms with Crippen LogP contribution in [-0.2, 0) is 19.1 Å². The first-order valence-corrected chi connectivity index (χ1v) is 9.06. The number of aliphatic imine (C=N–C) groups is 1. The Kier molecular flexibility index (Phi) is 5.44. The average molecular weight is 369 g/mol. The monoisotopic (exact) mass is 369 g/mol. The maximum atomic E-state index is 12.7. The van der Waals surface area contributed by atoms with Gasteiger partial charge in [-0.05, 0) is 39.8 Å². The van der Waals surface area contributed by atoms with Gasteiger partial charge in [0.1, 0.15) is 17.3 Å². The molecule has 2 aromatic rings. The molecular formula is C21H23NO5. The van der Waals surface area contributed by atoms with E-state index in [0.717, 1.165) is 5.39 Å². The van der Waals surface area contributed by atoms with E-state index < -0.39 is 23.8 Å². The van der Waals surface area contributed by atoms with Gasteiger partial charge in [0.05, 0.1) is 24.7 Å². The predicted molar refractivity (Wildman–Crippen MR) is 102 cm³/mol. The summed E-state index contributed by atoms with van der Waals surface area (Å²) >= 11 is 0. The number of hydrogen-bond donors (Lipinski definition) is 0. The Morgan fingerprint density at radius 2 is 1.81 bits per heavy atom. The molecule has 1 aliphatic rings. The molecule has 0 N–H and O–H groups in total. The van der Waals surface area contributed by atoms with Crippen molar-refractivity contribution >= 4 is 28.6 Å². The van der Waals surface area contributed by atoms with Crippen LogP contribution in [0.1, 0.15) is 39.4 Å². The van der Waals surface area contributed by atoms with Crippen LogP contribution in [0.25, 0.3) is 11.0 Å². The summed E-state index contributed by atoms with van der Waals surface area (Å²) in [5.41, 5.74) is 2.14. The van der Waals surface area contributed by atoms with E-state index in [-0.39, 0.29) is 13.2 Å². The summed E-state index contributed by atoms with van der Waals surface area (Å²) in [6.07, 6.45) is 0. The molecular weight excluding hydrogens is 346 g/mol. The fourth-order valence-corrected chi connectivity index (χ4v) is 3.51. The van der Waals surface area contributed by atoms with Crippen LogP contribution in [0.15, 0.2) is 51.0 Å². The first-order chi connectivity index (χ1) is 13.0. The van der Waals surface area contributed by atoms with E-state index in [1.807, 2.05) is 30.3 Å². The lowest BCUT2D eigenvalue weighted by Gasteiger charge is -2.29. The molecule has 6 nitrogen and oxygen atoms in total. The van der Waals surface area contributed by atoms with E-state index in [9.17, 15) is 9.59 Å². The molecule has 2 unspecified atom stereocenters. The summed E-state index contributed by atoms with van der Waals surface area (Å²) in [6.45, 7) is 7.47. The minimum atomic E-state index is -0.742. The standard InChI is InChI=1S/C21H23NO5/c1-5-25-20(23)17-12(3)22-13(4)18(21(24)26-6-2)19(17)16-11-14-9-7-8-10-15(14)27-16/h7-11,17,19H,5-6H2,1-4H3. The third kappa shape index (κ3) is 3.52. The van der Waals surface area contributed by atoms with Gasteiger partial charge >= 0.3 is 11.9 Å². The number of fused-ring (bicyclic) bond motifs is 1. The van der Waals surface area contributed by atoms with E-state index in [0.29, 0.717) is 28.3 Å². The third-order valence-electron chi connectivity index (χ3n) is 4.62. The number of rotatable bonds is 5. The first kappa shape index (κ1) is 18.9. The first-order valence-electron chi connectivity index (χ1n) is 9.06. The fraction of sp³-hybridized carbons (Fsp3) is 0.381. The van der Waals surface area contributed by atoms with Crippen molar-refractivity contribution < 1.29 is 23.5 Å². The molecule has 1 aromatic heterocycles. The summed E-state index contributed by atoms with van der Waals surface area (Å²) in [6, 6.07) is 9.41. The van der Waals surface area contributed by atoms with Gasteiger partial charge in [0.25, 0.3) is 0 Å². The molecule has 1 aromatic carbocycles. The van der Waals surface area contributed by atoms with Crippen LogP contribution in [0, 0.1) is 5.92 Å². The minimum absolute atomic E-state index is 0.231. The zero-order valence-corrected chi connectivity index (χ0v) is 15.9. The number of benzene rings is 1. The second-order valence-electron chi connectivity index (χ2n) is 6.37. The molecule has 6 heteroatoms. The van der Waals surface area contributed by atoms with Gasteiger partial charge in [-0.2, -0.15) is 0 Å². The highest BCUT2D eigenvalue weighted by Gasteiger charge is 2.44. The van der Waals surface area contributed by atoms with Gasteiger partial charge in [0, 0.05) is 16.8 Å². The topological polar surface area (TPSA) is 78.1 Å². The highest BCUT2D eigenvalue weighted by molar-refractivity contribution is 6.07. The van der Waals surface area contributed by atoms with Gasteiger partial charge in [-0.3, -0.25) is 9.79 Å². The van der Waals surface area contributed by atoms with Crippen molar-refractivity contribution in [3.63, 3.8) is 0 Å². The minimum Gasteiger partial charge on any atom is -0.465 e. The van der Waals surface area contributed by atoms with E-state index in [4.69, 9.17) is 13.9 Å². The van der Waals surface area contributed by atoms with Gasteiger partial charge in [-0.1, -0.05) is 18.2 Å². The Morgan fingerprint density at radius 1 is 1.11 bits per heavy atom. The Bertz CT molecular complexity index is 904. The molecule has 2 heterocycles. The Hall–Kier alpha value is -2.89. The Balaban J connectivity index is 2.18. The molecule has 2 atom stereocenters. The van der Waals surface area contributed by atoms with Crippen molar-refractivity contribution in [3.8, 4) is 0 Å². The highest BCUT2D eigenvalue weighted by Crippen LogP contribution is 2.41. The number of allylic oxidation sites excluding steroid dienone is 1. The molecule has 0 amide bonds. The van der Waals surface area contributed by atoms with Crippen LogP contribution in [0.5, 0.6) is 0 Å². The Labute approximate surface area is 157 Å². The van der Waals surface area contributed by atoms with Crippen LogP contribution in [0.3, 0.4) is 0 Å². The predicted octanol–water partition coefficient (Wildman–Crippen LogP) is 4.01. The number of furan rings is 1.